The molecule has 35 heteroatoms. The molecule has 2 aliphatic rings. The highest BCUT2D eigenvalue weighted by Gasteiger charge is 2.43. The van der Waals surface area contributed by atoms with E-state index in [1.807, 2.05) is 0 Å². The Kier molecular flexibility index (Phi) is 33.3. The molecule has 0 aliphatic carbocycles. The number of guanidine groups is 3. The van der Waals surface area contributed by atoms with Crippen molar-refractivity contribution < 1.29 is 57.8 Å². The maximum Gasteiger partial charge on any atom is 0.245 e. The first-order chi connectivity index (χ1) is 45.5. The summed E-state index contributed by atoms with van der Waals surface area (Å²) >= 11 is 2.45. The zero-order chi connectivity index (χ0) is 71.1. The number of phenolic OH excluding ortho intramolecular Hbond substituents is 1. The molecule has 0 radical (unpaired) electrons. The van der Waals surface area contributed by atoms with Crippen LogP contribution in [0.15, 0.2) is 69.6 Å². The zero-order valence-electron chi connectivity index (χ0n) is 54.8. The van der Waals surface area contributed by atoms with Gasteiger partial charge in [-0.25, -0.2) is 0 Å². The molecule has 11 amide bonds. The number of carbonyl (C=O) groups excluding carboxylic acids is 11. The Hall–Kier alpha value is -9.12. The number of phenols is 1. The molecular weight excluding hydrogens is 1280 g/mol. The molecule has 2 aromatic carbocycles. The van der Waals surface area contributed by atoms with Crippen LogP contribution in [0, 0.1) is 5.92 Å². The van der Waals surface area contributed by atoms with Crippen molar-refractivity contribution in [2.24, 2.45) is 66.8 Å². The first-order valence-electron chi connectivity index (χ1n) is 31.7. The van der Waals surface area contributed by atoms with Gasteiger partial charge in [0.05, 0.1) is 19.1 Å². The lowest BCUT2D eigenvalue weighted by atomic mass is 9.96. The highest BCUT2D eigenvalue weighted by molar-refractivity contribution is 8.03. The van der Waals surface area contributed by atoms with Crippen LogP contribution in [0.4, 0.5) is 0 Å². The van der Waals surface area contributed by atoms with Crippen molar-refractivity contribution in [2.75, 3.05) is 56.5 Å². The molecule has 0 aromatic heterocycles. The van der Waals surface area contributed by atoms with E-state index in [1.165, 1.54) is 40.6 Å². The number of nitrogens with two attached hydrogens (primary N) is 8. The van der Waals surface area contributed by atoms with Gasteiger partial charge in [0, 0.05) is 54.6 Å². The third kappa shape index (κ3) is 27.7. The molecule has 96 heavy (non-hydrogen) atoms. The Balaban J connectivity index is 1.75. The van der Waals surface area contributed by atoms with Crippen molar-refractivity contribution in [1.82, 2.24) is 52.8 Å². The zero-order valence-corrected chi connectivity index (χ0v) is 56.4. The maximum absolute atomic E-state index is 14.9. The molecule has 2 aliphatic heterocycles. The van der Waals surface area contributed by atoms with Gasteiger partial charge in [0.25, 0.3) is 0 Å². The van der Waals surface area contributed by atoms with Crippen LogP contribution in [0.1, 0.15) is 96.6 Å². The average molecular weight is 1380 g/mol. The van der Waals surface area contributed by atoms with E-state index in [1.54, 1.807) is 70.2 Å². The number of thioether (sulfide) groups is 2. The lowest BCUT2D eigenvalue weighted by Crippen LogP contribution is -2.62. The Bertz CT molecular complexity index is 3060. The minimum absolute atomic E-state index is 0.00745. The van der Waals surface area contributed by atoms with Gasteiger partial charge in [-0.15, -0.1) is 0 Å². The summed E-state index contributed by atoms with van der Waals surface area (Å²) in [7, 11) is 0. The fourth-order valence-electron chi connectivity index (χ4n) is 10.3. The predicted molar refractivity (Wildman–Crippen MR) is 366 cm³/mol. The van der Waals surface area contributed by atoms with Crippen LogP contribution in [-0.4, -0.2) is 209 Å². The van der Waals surface area contributed by atoms with Crippen LogP contribution < -0.4 is 93.7 Å². The number of hydrogen-bond donors (Lipinski definition) is 18. The van der Waals surface area contributed by atoms with Gasteiger partial charge in [-0.3, -0.25) is 67.7 Å². The normalized spacial score (nSPS) is 21.7. The van der Waals surface area contributed by atoms with Gasteiger partial charge in [-0.2, -0.15) is 23.5 Å². The quantitative estimate of drug-likeness (QED) is 0.0226. The number of hydrogen-bond acceptors (Lipinski definition) is 18. The maximum atomic E-state index is 14.9. The second kappa shape index (κ2) is 40.3. The monoisotopic (exact) mass is 1380 g/mol. The lowest BCUT2D eigenvalue weighted by Gasteiger charge is -2.35. The SMILES string of the molecule is CC[C@H](C)[C@@H]1NC(=O)[C@H](CCCN=C(N)N)NC(=O)[C@H](CCCN=C(N)N)NC(=O)[C@@H](NC(=O)[C@H](Cc2ccccc2)NC(=O)CNC(=O)CNC(=O)[C@@H](N)Cc2ccc(O)cc2)CSCCSC(C)(C)[C@@H](C(N)=O)NC(=O)[C@@H]2CCCN2C(=O)[C@H](CCCN=C(N)N)NC1=O. The Labute approximate surface area is 566 Å². The number of carbonyl (C=O) groups is 11. The molecule has 4 rings (SSSR count). The van der Waals surface area contributed by atoms with Crippen LogP contribution in [0.5, 0.6) is 5.75 Å². The van der Waals surface area contributed by atoms with E-state index >= 15 is 0 Å². The summed E-state index contributed by atoms with van der Waals surface area (Å²) in [6, 6.07) is 2.82. The fourth-order valence-corrected chi connectivity index (χ4v) is 12.6. The number of nitrogens with one attached hydrogen (secondary N) is 9. The van der Waals surface area contributed by atoms with Crippen LogP contribution in [0.25, 0.3) is 0 Å². The molecule has 33 nitrogen and oxygen atoms in total. The minimum Gasteiger partial charge on any atom is -0.508 e. The molecule has 2 heterocycles. The number of aromatic hydroxyl groups is 1. The molecule has 0 bridgehead atoms. The summed E-state index contributed by atoms with van der Waals surface area (Å²) in [5, 5.41) is 33.6. The topological polar surface area (TPSA) is 565 Å². The first kappa shape index (κ1) is 79.3. The van der Waals surface area contributed by atoms with Gasteiger partial charge in [0.1, 0.15) is 54.1 Å². The Morgan fingerprint density at radius 1 is 0.656 bits per heavy atom. The minimum atomic E-state index is -1.47. The van der Waals surface area contributed by atoms with Gasteiger partial charge in [0.2, 0.25) is 65.0 Å². The summed E-state index contributed by atoms with van der Waals surface area (Å²) in [6.07, 6.45) is 1.02. The number of aliphatic imine (C=N–C) groups is 3. The van der Waals surface area contributed by atoms with E-state index < -0.39 is 143 Å². The van der Waals surface area contributed by atoms with Crippen molar-refractivity contribution in [1.29, 1.82) is 0 Å². The summed E-state index contributed by atoms with van der Waals surface area (Å²) < 4.78 is -1.09. The molecular formula is C61H97N21O12S2. The molecule has 2 fully saturated rings. The van der Waals surface area contributed by atoms with Crippen LogP contribution in [-0.2, 0) is 65.6 Å². The van der Waals surface area contributed by atoms with Crippen molar-refractivity contribution in [3.05, 3.63) is 65.7 Å². The van der Waals surface area contributed by atoms with Gasteiger partial charge < -0.3 is 104 Å². The molecule has 0 saturated carbocycles. The van der Waals surface area contributed by atoms with E-state index in [0.717, 1.165) is 0 Å². The van der Waals surface area contributed by atoms with Crippen LogP contribution in [0.3, 0.4) is 0 Å². The van der Waals surface area contributed by atoms with Crippen molar-refractivity contribution in [2.45, 2.75) is 157 Å². The summed E-state index contributed by atoms with van der Waals surface area (Å²) in [5.41, 5.74) is 47.0. The van der Waals surface area contributed by atoms with Crippen molar-refractivity contribution >= 4 is 106 Å². The predicted octanol–water partition coefficient (Wildman–Crippen LogP) is -4.93. The molecule has 10 atom stereocenters. The summed E-state index contributed by atoms with van der Waals surface area (Å²) in [4.78, 5) is 169. The van der Waals surface area contributed by atoms with Gasteiger partial charge in [-0.1, -0.05) is 62.7 Å². The second-order valence-corrected chi connectivity index (χ2v) is 26.7. The van der Waals surface area contributed by atoms with E-state index in [9.17, 15) is 57.8 Å². The lowest BCUT2D eigenvalue weighted by molar-refractivity contribution is -0.143. The number of primary amides is 1. The molecule has 0 spiro atoms. The standard InChI is InChI=1S/C61H97N21O12S2/c1-5-34(2)47-56(93)78-41(17-11-25-72-60(68)69)57(94)82-26-12-18-44(82)55(92)81-48(49(63)86)61(3,4)96-28-27-95-33-43(54(91)77-39(15-9-23-70-58(64)65)51(88)76-40(52(89)80-47)16-10-24-71-59(66)67)79-53(90)42(30-35-13-7-6-8-14-35)75-46(85)32-73-45(84)31-74-50(87)38(62)29-36-19-21-37(83)22-20-36/h6-8,13-14,19-22,34,38-44,47-48,83H,5,9-12,15-18,23-33,62H2,1-4H3,(H2,63,86)(H,73,84)(H,74,87)(H,75,85)(H,76,88)(H,77,91)(H,78,93)(H,79,90)(H,80,89)(H,81,92)(H4,64,65,70)(H4,66,67,71)(H4,68,69,72)/t34-,38-,39-,40-,41-,42-,43-,44-,47-,48+/m0/s1. The Morgan fingerprint density at radius 2 is 1.20 bits per heavy atom. The van der Waals surface area contributed by atoms with E-state index in [2.05, 4.69) is 62.8 Å². The molecule has 530 valence electrons. The van der Waals surface area contributed by atoms with E-state index in [4.69, 9.17) is 45.9 Å². The third-order valence-electron chi connectivity index (χ3n) is 15.8. The number of fused-ring (bicyclic) bond motifs is 1. The largest absolute Gasteiger partial charge is 0.508 e. The van der Waals surface area contributed by atoms with Gasteiger partial charge in [-0.05, 0) is 101 Å². The van der Waals surface area contributed by atoms with Crippen molar-refractivity contribution in [3.63, 3.8) is 0 Å². The highest BCUT2D eigenvalue weighted by atomic mass is 32.2. The number of rotatable bonds is 27. The average Bonchev–Trinajstić information content (AvgIpc) is 1.79. The summed E-state index contributed by atoms with van der Waals surface area (Å²) in [6.45, 7) is 5.84. The van der Waals surface area contributed by atoms with Crippen LogP contribution in [0.2, 0.25) is 0 Å². The number of amides is 11. The van der Waals surface area contributed by atoms with Crippen LogP contribution >= 0.6 is 23.5 Å². The highest BCUT2D eigenvalue weighted by Crippen LogP contribution is 2.30. The van der Waals surface area contributed by atoms with E-state index in [-0.39, 0.29) is 125 Å². The van der Waals surface area contributed by atoms with Gasteiger partial charge in [0.15, 0.2) is 17.9 Å². The number of benzene rings is 2. The third-order valence-corrected chi connectivity index (χ3v) is 18.5. The molecule has 2 saturated heterocycles. The second-order valence-electron chi connectivity index (χ2n) is 23.8. The molecule has 2 aromatic rings. The number of nitrogens with zero attached hydrogens (tertiary/aromatic N) is 4. The smallest absolute Gasteiger partial charge is 0.245 e. The summed E-state index contributed by atoms with van der Waals surface area (Å²) in [5.74, 6) is -9.59. The molecule has 0 unspecified atom stereocenters. The van der Waals surface area contributed by atoms with Gasteiger partial charge >= 0.3 is 0 Å². The fraction of sp³-hybridized carbons (Fsp3) is 0.574. The first-order valence-corrected chi connectivity index (χ1v) is 33.8. The Morgan fingerprint density at radius 3 is 1.77 bits per heavy atom. The van der Waals surface area contributed by atoms with E-state index in [0.29, 0.717) is 24.0 Å². The molecule has 26 N–H and O–H groups in total. The van der Waals surface area contributed by atoms with Crippen molar-refractivity contribution in [3.8, 4) is 5.75 Å².